The topological polar surface area (TPSA) is 80.7 Å². The van der Waals surface area contributed by atoms with Crippen molar-refractivity contribution in [3.05, 3.63) is 70.8 Å². The van der Waals surface area contributed by atoms with Crippen molar-refractivity contribution < 1.29 is 24.2 Å². The predicted octanol–water partition coefficient (Wildman–Crippen LogP) is 3.11. The van der Waals surface area contributed by atoms with Crippen LogP contribution in [0.15, 0.2) is 48.5 Å². The molecule has 0 unspecified atom stereocenters. The number of carbonyl (C=O) groups excluding carboxylic acids is 2. The van der Waals surface area contributed by atoms with Gasteiger partial charge in [-0.1, -0.05) is 42.5 Å². The standard InChI is InChI=1S/C19H18O5/c1-24-17(20)8-4-5-13-9-11-14(12-10-13)18(21)15-6-2-3-7-16(15)19(22)23/h2-3,6-7,9-12H,4-5,8H2,1H3,(H,22,23). The summed E-state index contributed by atoms with van der Waals surface area (Å²) < 4.78 is 4.59. The van der Waals surface area contributed by atoms with Gasteiger partial charge in [0.2, 0.25) is 0 Å². The molecule has 2 aromatic rings. The number of esters is 1. The lowest BCUT2D eigenvalue weighted by molar-refractivity contribution is -0.140. The Morgan fingerprint density at radius 1 is 0.958 bits per heavy atom. The largest absolute Gasteiger partial charge is 0.478 e. The zero-order valence-corrected chi connectivity index (χ0v) is 13.3. The van der Waals surface area contributed by atoms with Crippen molar-refractivity contribution in [2.24, 2.45) is 0 Å². The van der Waals surface area contributed by atoms with Gasteiger partial charge in [0.05, 0.1) is 12.7 Å². The second-order valence-corrected chi connectivity index (χ2v) is 5.31. The third-order valence-electron chi connectivity index (χ3n) is 3.69. The molecule has 0 aliphatic carbocycles. The molecule has 0 aliphatic heterocycles. The number of carbonyl (C=O) groups is 3. The molecule has 0 saturated carbocycles. The lowest BCUT2D eigenvalue weighted by atomic mass is 9.97. The van der Waals surface area contributed by atoms with Crippen LogP contribution in [0.25, 0.3) is 0 Å². The van der Waals surface area contributed by atoms with Crippen LogP contribution < -0.4 is 0 Å². The van der Waals surface area contributed by atoms with E-state index in [0.717, 1.165) is 5.56 Å². The van der Waals surface area contributed by atoms with Crippen molar-refractivity contribution in [2.45, 2.75) is 19.3 Å². The van der Waals surface area contributed by atoms with Gasteiger partial charge in [-0.3, -0.25) is 9.59 Å². The molecular weight excluding hydrogens is 308 g/mol. The smallest absolute Gasteiger partial charge is 0.336 e. The van der Waals surface area contributed by atoms with E-state index in [-0.39, 0.29) is 22.9 Å². The van der Waals surface area contributed by atoms with Crippen molar-refractivity contribution in [3.8, 4) is 0 Å². The number of hydrogen-bond donors (Lipinski definition) is 1. The minimum Gasteiger partial charge on any atom is -0.478 e. The highest BCUT2D eigenvalue weighted by molar-refractivity contribution is 6.14. The predicted molar refractivity (Wildman–Crippen MR) is 88.2 cm³/mol. The van der Waals surface area contributed by atoms with Crippen LogP contribution in [0.4, 0.5) is 0 Å². The number of carboxylic acids is 1. The third kappa shape index (κ3) is 4.29. The van der Waals surface area contributed by atoms with E-state index in [0.29, 0.717) is 24.8 Å². The summed E-state index contributed by atoms with van der Waals surface area (Å²) in [5.41, 5.74) is 1.59. The Balaban J connectivity index is 2.09. The van der Waals surface area contributed by atoms with E-state index in [2.05, 4.69) is 4.74 Å². The van der Waals surface area contributed by atoms with Gasteiger partial charge in [0, 0.05) is 17.5 Å². The van der Waals surface area contributed by atoms with Crippen molar-refractivity contribution in [1.82, 2.24) is 0 Å². The third-order valence-corrected chi connectivity index (χ3v) is 3.69. The van der Waals surface area contributed by atoms with E-state index in [9.17, 15) is 19.5 Å². The van der Waals surface area contributed by atoms with E-state index in [4.69, 9.17) is 0 Å². The van der Waals surface area contributed by atoms with E-state index in [1.165, 1.54) is 19.2 Å². The van der Waals surface area contributed by atoms with Gasteiger partial charge in [-0.05, 0) is 24.5 Å². The fourth-order valence-electron chi connectivity index (χ4n) is 2.38. The molecule has 2 rings (SSSR count). The number of aryl methyl sites for hydroxylation is 1. The normalized spacial score (nSPS) is 10.2. The first-order valence-corrected chi connectivity index (χ1v) is 7.55. The molecule has 0 spiro atoms. The fraction of sp³-hybridized carbons (Fsp3) is 0.211. The van der Waals surface area contributed by atoms with E-state index in [1.54, 1.807) is 24.3 Å². The van der Waals surface area contributed by atoms with Crippen LogP contribution in [0.3, 0.4) is 0 Å². The molecule has 2 aromatic carbocycles. The average Bonchev–Trinajstić information content (AvgIpc) is 2.61. The molecule has 5 heteroatoms. The molecule has 0 atom stereocenters. The summed E-state index contributed by atoms with van der Waals surface area (Å²) in [6.07, 6.45) is 1.72. The van der Waals surface area contributed by atoms with Crippen LogP contribution in [-0.4, -0.2) is 29.9 Å². The Hall–Kier alpha value is -2.95. The monoisotopic (exact) mass is 326 g/mol. The molecule has 24 heavy (non-hydrogen) atoms. The summed E-state index contributed by atoms with van der Waals surface area (Å²) in [6.45, 7) is 0. The molecular formula is C19H18O5. The first-order chi connectivity index (χ1) is 11.5. The number of aromatic carboxylic acids is 1. The van der Waals surface area contributed by atoms with Gasteiger partial charge in [0.1, 0.15) is 0 Å². The number of ketones is 1. The Bertz CT molecular complexity index is 747. The zero-order chi connectivity index (χ0) is 17.5. The summed E-state index contributed by atoms with van der Waals surface area (Å²) in [5, 5.41) is 9.18. The molecule has 0 fully saturated rings. The Labute approximate surface area is 139 Å². The average molecular weight is 326 g/mol. The van der Waals surface area contributed by atoms with Crippen molar-refractivity contribution in [1.29, 1.82) is 0 Å². The SMILES string of the molecule is COC(=O)CCCc1ccc(C(=O)c2ccccc2C(=O)O)cc1. The first kappa shape index (κ1) is 17.4. The van der Waals surface area contributed by atoms with Crippen molar-refractivity contribution in [2.75, 3.05) is 7.11 Å². The van der Waals surface area contributed by atoms with Gasteiger partial charge in [0.15, 0.2) is 5.78 Å². The molecule has 0 amide bonds. The number of methoxy groups -OCH3 is 1. The summed E-state index contributed by atoms with van der Waals surface area (Å²) in [5.74, 6) is -1.69. The zero-order valence-electron chi connectivity index (χ0n) is 13.3. The maximum atomic E-state index is 12.5. The quantitative estimate of drug-likeness (QED) is 0.624. The first-order valence-electron chi connectivity index (χ1n) is 7.55. The Kier molecular flexibility index (Phi) is 5.84. The maximum absolute atomic E-state index is 12.5. The van der Waals surface area contributed by atoms with Gasteiger partial charge in [0.25, 0.3) is 0 Å². The number of hydrogen-bond acceptors (Lipinski definition) is 4. The summed E-state index contributed by atoms with van der Waals surface area (Å²) in [7, 11) is 1.36. The van der Waals surface area contributed by atoms with Crippen LogP contribution in [0, 0.1) is 0 Å². The van der Waals surface area contributed by atoms with Crippen LogP contribution in [-0.2, 0) is 16.0 Å². The summed E-state index contributed by atoms with van der Waals surface area (Å²) in [4.78, 5) is 34.8. The van der Waals surface area contributed by atoms with E-state index >= 15 is 0 Å². The minimum atomic E-state index is -1.13. The van der Waals surface area contributed by atoms with E-state index in [1.807, 2.05) is 12.1 Å². The lowest BCUT2D eigenvalue weighted by Crippen LogP contribution is -2.09. The second-order valence-electron chi connectivity index (χ2n) is 5.31. The number of ether oxygens (including phenoxy) is 1. The second kappa shape index (κ2) is 8.06. The number of benzene rings is 2. The number of carboxylic acid groups (broad SMARTS) is 1. The molecule has 1 N–H and O–H groups in total. The highest BCUT2D eigenvalue weighted by atomic mass is 16.5. The van der Waals surface area contributed by atoms with Gasteiger partial charge < -0.3 is 9.84 Å². The summed E-state index contributed by atoms with van der Waals surface area (Å²) in [6, 6.07) is 13.1. The van der Waals surface area contributed by atoms with Gasteiger partial charge >= 0.3 is 11.9 Å². The molecule has 0 bridgehead atoms. The van der Waals surface area contributed by atoms with Gasteiger partial charge in [-0.2, -0.15) is 0 Å². The molecule has 0 saturated heterocycles. The number of rotatable bonds is 7. The fourth-order valence-corrected chi connectivity index (χ4v) is 2.38. The molecule has 0 aliphatic rings. The Morgan fingerprint density at radius 2 is 1.58 bits per heavy atom. The van der Waals surface area contributed by atoms with Gasteiger partial charge in [-0.15, -0.1) is 0 Å². The van der Waals surface area contributed by atoms with Crippen LogP contribution in [0.2, 0.25) is 0 Å². The van der Waals surface area contributed by atoms with Crippen LogP contribution in [0.5, 0.6) is 0 Å². The highest BCUT2D eigenvalue weighted by Gasteiger charge is 2.17. The highest BCUT2D eigenvalue weighted by Crippen LogP contribution is 2.16. The molecule has 124 valence electrons. The Morgan fingerprint density at radius 3 is 2.17 bits per heavy atom. The molecule has 0 aromatic heterocycles. The van der Waals surface area contributed by atoms with Crippen LogP contribution >= 0.6 is 0 Å². The lowest BCUT2D eigenvalue weighted by Gasteiger charge is -2.06. The molecule has 0 radical (unpaired) electrons. The minimum absolute atomic E-state index is 0.00958. The van der Waals surface area contributed by atoms with Crippen LogP contribution in [0.1, 0.15) is 44.7 Å². The van der Waals surface area contributed by atoms with Crippen molar-refractivity contribution in [3.63, 3.8) is 0 Å². The van der Waals surface area contributed by atoms with Gasteiger partial charge in [-0.25, -0.2) is 4.79 Å². The summed E-state index contributed by atoms with van der Waals surface area (Å²) >= 11 is 0. The molecule has 5 nitrogen and oxygen atoms in total. The molecule has 0 heterocycles. The van der Waals surface area contributed by atoms with E-state index < -0.39 is 5.97 Å². The van der Waals surface area contributed by atoms with Crippen molar-refractivity contribution >= 4 is 17.7 Å². The maximum Gasteiger partial charge on any atom is 0.336 e.